The van der Waals surface area contributed by atoms with Crippen LogP contribution in [-0.4, -0.2) is 30.6 Å². The van der Waals surface area contributed by atoms with Crippen molar-refractivity contribution < 1.29 is 9.53 Å². The van der Waals surface area contributed by atoms with Gasteiger partial charge in [-0.1, -0.05) is 30.1 Å². The van der Waals surface area contributed by atoms with E-state index in [9.17, 15) is 4.79 Å². The Morgan fingerprint density at radius 2 is 2.22 bits per heavy atom. The molecule has 1 unspecified atom stereocenters. The number of pyridine rings is 1. The number of rotatable bonds is 5. The number of ether oxygens (including phenoxy) is 1. The summed E-state index contributed by atoms with van der Waals surface area (Å²) in [4.78, 5) is 17.3. The summed E-state index contributed by atoms with van der Waals surface area (Å²) < 4.78 is 5.37. The molecule has 1 rings (SSSR count). The van der Waals surface area contributed by atoms with Gasteiger partial charge in [-0.05, 0) is 19.4 Å². The van der Waals surface area contributed by atoms with E-state index in [1.54, 1.807) is 13.1 Å². The summed E-state index contributed by atoms with van der Waals surface area (Å²) in [5.74, 6) is 0.172. The molecule has 1 aromatic rings. The van der Waals surface area contributed by atoms with E-state index in [0.29, 0.717) is 15.9 Å². The number of nitrogens with zero attached hydrogens (tertiary/aromatic N) is 2. The van der Waals surface area contributed by atoms with Gasteiger partial charge in [0.15, 0.2) is 5.82 Å². The van der Waals surface area contributed by atoms with Crippen LogP contribution in [0.1, 0.15) is 20.3 Å². The molecule has 0 bridgehead atoms. The number of hydrogen-bond donors (Lipinski definition) is 0. The van der Waals surface area contributed by atoms with Crippen molar-refractivity contribution in [1.82, 2.24) is 4.98 Å². The first-order valence-electron chi connectivity index (χ1n) is 5.64. The van der Waals surface area contributed by atoms with Crippen LogP contribution in [0.15, 0.2) is 12.3 Å². The Kier molecular flexibility index (Phi) is 5.85. The van der Waals surface area contributed by atoms with Crippen LogP contribution in [0.25, 0.3) is 0 Å². The van der Waals surface area contributed by atoms with Gasteiger partial charge in [-0.25, -0.2) is 4.98 Å². The molecule has 0 saturated heterocycles. The second-order valence-electron chi connectivity index (χ2n) is 3.94. The molecule has 0 aliphatic carbocycles. The molecule has 100 valence electrons. The normalized spacial score (nSPS) is 12.3. The molecule has 0 spiro atoms. The average Bonchev–Trinajstić information content (AvgIpc) is 2.34. The van der Waals surface area contributed by atoms with Crippen molar-refractivity contribution in [1.29, 1.82) is 0 Å². The van der Waals surface area contributed by atoms with Gasteiger partial charge in [0.05, 0.1) is 16.1 Å². The molecule has 1 aromatic heterocycles. The van der Waals surface area contributed by atoms with E-state index in [2.05, 4.69) is 4.98 Å². The highest BCUT2D eigenvalue weighted by Crippen LogP contribution is 2.25. The zero-order valence-electron chi connectivity index (χ0n) is 10.6. The third kappa shape index (κ3) is 4.12. The van der Waals surface area contributed by atoms with E-state index in [0.717, 1.165) is 6.42 Å². The smallest absolute Gasteiger partial charge is 0.253 e. The van der Waals surface area contributed by atoms with Crippen LogP contribution in [0.3, 0.4) is 0 Å². The zero-order chi connectivity index (χ0) is 13.7. The van der Waals surface area contributed by atoms with Gasteiger partial charge in [-0.2, -0.15) is 0 Å². The molecule has 0 radical (unpaired) electrons. The van der Waals surface area contributed by atoms with Crippen molar-refractivity contribution >= 4 is 34.9 Å². The first-order chi connectivity index (χ1) is 8.45. The first-order valence-corrected chi connectivity index (χ1v) is 6.40. The maximum absolute atomic E-state index is 11.9. The van der Waals surface area contributed by atoms with Gasteiger partial charge < -0.3 is 4.74 Å². The Labute approximate surface area is 117 Å². The number of carbonyl (C=O) groups excluding carboxylic acids is 1. The van der Waals surface area contributed by atoms with E-state index in [1.807, 2.05) is 13.8 Å². The van der Waals surface area contributed by atoms with Gasteiger partial charge in [-0.15, -0.1) is 0 Å². The number of likely N-dealkylation sites (N-methyl/N-ethyl adjacent to an activating group) is 1. The lowest BCUT2D eigenvalue weighted by atomic mass is 10.3. The minimum atomic E-state index is -0.202. The summed E-state index contributed by atoms with van der Waals surface area (Å²) in [5, 5.41) is 0.766. The van der Waals surface area contributed by atoms with Crippen LogP contribution < -0.4 is 4.90 Å². The summed E-state index contributed by atoms with van der Waals surface area (Å²) in [6.45, 7) is 3.92. The molecule has 0 saturated carbocycles. The second kappa shape index (κ2) is 6.92. The molecule has 0 aliphatic rings. The molecule has 0 aromatic carbocycles. The molecule has 0 N–H and O–H groups in total. The van der Waals surface area contributed by atoms with Crippen molar-refractivity contribution in [3.8, 4) is 0 Å². The third-order valence-electron chi connectivity index (χ3n) is 2.55. The third-order valence-corrected chi connectivity index (χ3v) is 3.03. The number of hydrogen-bond acceptors (Lipinski definition) is 3. The van der Waals surface area contributed by atoms with Gasteiger partial charge in [-0.3, -0.25) is 9.69 Å². The number of anilines is 1. The number of carbonyl (C=O) groups is 1. The minimum absolute atomic E-state index is 0.00609. The lowest BCUT2D eigenvalue weighted by Gasteiger charge is -2.18. The minimum Gasteiger partial charge on any atom is -0.369 e. The highest BCUT2D eigenvalue weighted by atomic mass is 35.5. The summed E-state index contributed by atoms with van der Waals surface area (Å²) in [6, 6.07) is 1.55. The van der Waals surface area contributed by atoms with Gasteiger partial charge in [0.2, 0.25) is 0 Å². The number of amides is 1. The fourth-order valence-electron chi connectivity index (χ4n) is 1.20. The molecular formula is C12H16Cl2N2O2. The molecule has 0 fully saturated rings. The van der Waals surface area contributed by atoms with Crippen LogP contribution in [0.2, 0.25) is 10.0 Å². The summed E-state index contributed by atoms with van der Waals surface area (Å²) >= 11 is 11.7. The van der Waals surface area contributed by atoms with Crippen molar-refractivity contribution in [2.24, 2.45) is 0 Å². The summed E-state index contributed by atoms with van der Waals surface area (Å²) in [5.41, 5.74) is 0. The summed E-state index contributed by atoms with van der Waals surface area (Å²) in [7, 11) is 1.60. The van der Waals surface area contributed by atoms with Crippen LogP contribution in [0.4, 0.5) is 5.82 Å². The molecule has 4 nitrogen and oxygen atoms in total. The van der Waals surface area contributed by atoms with Crippen LogP contribution in [0, 0.1) is 0 Å². The maximum atomic E-state index is 11.9. The van der Waals surface area contributed by atoms with Crippen molar-refractivity contribution in [2.45, 2.75) is 26.4 Å². The predicted octanol–water partition coefficient (Wildman–Crippen LogP) is 3.17. The van der Waals surface area contributed by atoms with E-state index in [1.165, 1.54) is 11.1 Å². The second-order valence-corrected chi connectivity index (χ2v) is 4.79. The Morgan fingerprint density at radius 3 is 2.78 bits per heavy atom. The lowest BCUT2D eigenvalue weighted by Crippen LogP contribution is -2.32. The van der Waals surface area contributed by atoms with Gasteiger partial charge in [0.25, 0.3) is 5.91 Å². The van der Waals surface area contributed by atoms with Crippen LogP contribution >= 0.6 is 23.2 Å². The molecular weight excluding hydrogens is 275 g/mol. The fraction of sp³-hybridized carbons (Fsp3) is 0.500. The molecule has 1 amide bonds. The Morgan fingerprint density at radius 1 is 1.56 bits per heavy atom. The maximum Gasteiger partial charge on any atom is 0.253 e. The lowest BCUT2D eigenvalue weighted by molar-refractivity contribution is -0.124. The van der Waals surface area contributed by atoms with E-state index >= 15 is 0 Å². The number of aromatic nitrogens is 1. The Hall–Kier alpha value is -0.840. The average molecular weight is 291 g/mol. The standard InChI is InChI=1S/C12H16Cl2N2O2/c1-4-8(2)18-7-11(17)16(3)12-10(14)5-9(13)6-15-12/h5-6,8H,4,7H2,1-3H3. The molecule has 1 atom stereocenters. The van der Waals surface area contributed by atoms with Crippen molar-refractivity contribution in [2.75, 3.05) is 18.6 Å². The van der Waals surface area contributed by atoms with Crippen molar-refractivity contribution in [3.05, 3.63) is 22.3 Å². The van der Waals surface area contributed by atoms with Crippen molar-refractivity contribution in [3.63, 3.8) is 0 Å². The first kappa shape index (κ1) is 15.2. The highest BCUT2D eigenvalue weighted by Gasteiger charge is 2.16. The van der Waals surface area contributed by atoms with Crippen LogP contribution in [0.5, 0.6) is 0 Å². The van der Waals surface area contributed by atoms with Gasteiger partial charge in [0, 0.05) is 13.2 Å². The largest absolute Gasteiger partial charge is 0.369 e. The van der Waals surface area contributed by atoms with E-state index < -0.39 is 0 Å². The van der Waals surface area contributed by atoms with E-state index in [4.69, 9.17) is 27.9 Å². The Balaban J connectivity index is 2.68. The zero-order valence-corrected chi connectivity index (χ0v) is 12.1. The highest BCUT2D eigenvalue weighted by molar-refractivity contribution is 6.36. The molecule has 6 heteroatoms. The van der Waals surface area contributed by atoms with Gasteiger partial charge >= 0.3 is 0 Å². The predicted molar refractivity (Wildman–Crippen MR) is 73.4 cm³/mol. The Bertz CT molecular complexity index is 427. The fourth-order valence-corrected chi connectivity index (χ4v) is 1.71. The quantitative estimate of drug-likeness (QED) is 0.836. The van der Waals surface area contributed by atoms with Gasteiger partial charge in [0.1, 0.15) is 6.61 Å². The number of halogens is 2. The molecule has 18 heavy (non-hydrogen) atoms. The molecule has 1 heterocycles. The summed E-state index contributed by atoms with van der Waals surface area (Å²) in [6.07, 6.45) is 2.36. The van der Waals surface area contributed by atoms with E-state index in [-0.39, 0.29) is 18.6 Å². The van der Waals surface area contributed by atoms with Crippen LogP contribution in [-0.2, 0) is 9.53 Å². The topological polar surface area (TPSA) is 42.4 Å². The SMILES string of the molecule is CCC(C)OCC(=O)N(C)c1ncc(Cl)cc1Cl. The molecule has 0 aliphatic heterocycles. The monoisotopic (exact) mass is 290 g/mol.